The van der Waals surface area contributed by atoms with Gasteiger partial charge in [-0.1, -0.05) is 17.6 Å². The Balaban J connectivity index is 1.49. The molecule has 0 N–H and O–H groups in total. The number of rotatable bonds is 5. The van der Waals surface area contributed by atoms with E-state index in [0.29, 0.717) is 12.4 Å². The predicted octanol–water partition coefficient (Wildman–Crippen LogP) is 3.53. The van der Waals surface area contributed by atoms with Gasteiger partial charge in [0.1, 0.15) is 13.6 Å². The summed E-state index contributed by atoms with van der Waals surface area (Å²) in [6.07, 6.45) is 5.62. The summed E-state index contributed by atoms with van der Waals surface area (Å²) < 4.78 is 34.2. The van der Waals surface area contributed by atoms with E-state index in [1.165, 1.54) is 46.5 Å². The molecule has 2 nitrogen and oxygen atoms in total. The summed E-state index contributed by atoms with van der Waals surface area (Å²) in [7, 11) is 2.14. The first kappa shape index (κ1) is 17.1. The minimum absolute atomic E-state index is 0.374. The molecular formula is C21H22BF2NO. The summed E-state index contributed by atoms with van der Waals surface area (Å²) in [5.41, 5.74) is 5.57. The third-order valence-electron chi connectivity index (χ3n) is 5.22. The van der Waals surface area contributed by atoms with Gasteiger partial charge >= 0.3 is 0 Å². The van der Waals surface area contributed by atoms with Crippen LogP contribution >= 0.6 is 0 Å². The van der Waals surface area contributed by atoms with Gasteiger partial charge < -0.3 is 9.30 Å². The lowest BCUT2D eigenvalue weighted by molar-refractivity contribution is 0.299. The first-order chi connectivity index (χ1) is 12.6. The van der Waals surface area contributed by atoms with Crippen molar-refractivity contribution >= 4 is 24.2 Å². The Morgan fingerprint density at radius 2 is 1.85 bits per heavy atom. The van der Waals surface area contributed by atoms with Crippen LogP contribution in [0.1, 0.15) is 30.5 Å². The molecule has 0 spiro atoms. The molecule has 0 saturated carbocycles. The first-order valence-corrected chi connectivity index (χ1v) is 9.32. The number of hydrogen-bond acceptors (Lipinski definition) is 1. The Morgan fingerprint density at radius 1 is 1.00 bits per heavy atom. The van der Waals surface area contributed by atoms with Gasteiger partial charge in [-0.05, 0) is 55.9 Å². The SMILES string of the molecule is Bc1ccc2c(c1)c1c(n2CCCOc2ccc(F)c(F)c2)CCCC1. The molecule has 0 unspecified atom stereocenters. The van der Waals surface area contributed by atoms with Crippen molar-refractivity contribution < 1.29 is 13.5 Å². The Hall–Kier alpha value is -2.30. The van der Waals surface area contributed by atoms with Gasteiger partial charge in [-0.25, -0.2) is 8.78 Å². The maximum atomic E-state index is 13.2. The summed E-state index contributed by atoms with van der Waals surface area (Å²) in [5, 5.41) is 1.39. The van der Waals surface area contributed by atoms with Gasteiger partial charge in [0.05, 0.1) is 6.61 Å². The molecular weight excluding hydrogens is 331 g/mol. The molecule has 3 aromatic rings. The van der Waals surface area contributed by atoms with E-state index in [0.717, 1.165) is 37.9 Å². The molecule has 0 bridgehead atoms. The molecule has 5 heteroatoms. The second-order valence-corrected chi connectivity index (χ2v) is 7.08. The van der Waals surface area contributed by atoms with Gasteiger partial charge in [-0.3, -0.25) is 0 Å². The zero-order valence-corrected chi connectivity index (χ0v) is 15.0. The van der Waals surface area contributed by atoms with Crippen LogP contribution in [0.5, 0.6) is 5.75 Å². The lowest BCUT2D eigenvalue weighted by atomic mass is 9.91. The minimum Gasteiger partial charge on any atom is -0.493 e. The van der Waals surface area contributed by atoms with Gasteiger partial charge in [0.2, 0.25) is 0 Å². The van der Waals surface area contributed by atoms with Crippen molar-refractivity contribution in [1.29, 1.82) is 0 Å². The van der Waals surface area contributed by atoms with Crippen LogP contribution in [0.2, 0.25) is 0 Å². The lowest BCUT2D eigenvalue weighted by Crippen LogP contribution is -2.10. The van der Waals surface area contributed by atoms with E-state index >= 15 is 0 Å². The number of benzene rings is 2. The van der Waals surface area contributed by atoms with Gasteiger partial charge in [0.25, 0.3) is 0 Å². The Kier molecular flexibility index (Phi) is 4.71. The van der Waals surface area contributed by atoms with Crippen LogP contribution in [-0.2, 0) is 19.4 Å². The molecule has 0 fully saturated rings. The number of nitrogens with zero attached hydrogens (tertiary/aromatic N) is 1. The molecule has 0 atom stereocenters. The molecule has 1 aromatic heterocycles. The number of aromatic nitrogens is 1. The zero-order chi connectivity index (χ0) is 18.1. The maximum absolute atomic E-state index is 13.2. The smallest absolute Gasteiger partial charge is 0.162 e. The molecule has 0 aliphatic heterocycles. The Morgan fingerprint density at radius 3 is 2.69 bits per heavy atom. The highest BCUT2D eigenvalue weighted by Crippen LogP contribution is 2.32. The van der Waals surface area contributed by atoms with Crippen molar-refractivity contribution in [3.63, 3.8) is 0 Å². The third kappa shape index (κ3) is 3.23. The van der Waals surface area contributed by atoms with Crippen LogP contribution in [0, 0.1) is 11.6 Å². The highest BCUT2D eigenvalue weighted by molar-refractivity contribution is 6.33. The summed E-state index contributed by atoms with van der Waals surface area (Å²) in [4.78, 5) is 0. The molecule has 2 aromatic carbocycles. The van der Waals surface area contributed by atoms with E-state index in [1.807, 2.05) is 0 Å². The van der Waals surface area contributed by atoms with Gasteiger partial charge in [-0.2, -0.15) is 0 Å². The molecule has 1 aliphatic carbocycles. The Bertz CT molecular complexity index is 951. The highest BCUT2D eigenvalue weighted by Gasteiger charge is 2.19. The topological polar surface area (TPSA) is 14.2 Å². The van der Waals surface area contributed by atoms with Crippen LogP contribution in [-0.4, -0.2) is 19.0 Å². The molecule has 1 heterocycles. The molecule has 0 amide bonds. The standard InChI is InChI=1S/C21H22BF2NO/c22-14-6-9-21-17(12-14)16-4-1-2-5-20(16)25(21)10-3-11-26-15-7-8-18(23)19(24)13-15/h6-9,12-13H,1-5,10-11,22H2. The average Bonchev–Trinajstić information content (AvgIpc) is 2.95. The molecule has 26 heavy (non-hydrogen) atoms. The van der Waals surface area contributed by atoms with Gasteiger partial charge in [0, 0.05) is 29.2 Å². The van der Waals surface area contributed by atoms with E-state index in [-0.39, 0.29) is 0 Å². The predicted molar refractivity (Wildman–Crippen MR) is 103 cm³/mol. The van der Waals surface area contributed by atoms with Crippen molar-refractivity contribution in [1.82, 2.24) is 4.57 Å². The quantitative estimate of drug-likeness (QED) is 0.506. The second kappa shape index (κ2) is 7.14. The van der Waals surface area contributed by atoms with Crippen molar-refractivity contribution in [3.05, 3.63) is 59.3 Å². The van der Waals surface area contributed by atoms with E-state index < -0.39 is 11.6 Å². The largest absolute Gasteiger partial charge is 0.493 e. The lowest BCUT2D eigenvalue weighted by Gasteiger charge is -2.16. The van der Waals surface area contributed by atoms with E-state index in [2.05, 4.69) is 30.6 Å². The van der Waals surface area contributed by atoms with Crippen LogP contribution in [0.15, 0.2) is 36.4 Å². The summed E-state index contributed by atoms with van der Waals surface area (Å²) in [6, 6.07) is 10.4. The Labute approximate surface area is 153 Å². The van der Waals surface area contributed by atoms with Gasteiger partial charge in [-0.15, -0.1) is 0 Å². The van der Waals surface area contributed by atoms with Crippen LogP contribution in [0.4, 0.5) is 8.78 Å². The van der Waals surface area contributed by atoms with Crippen molar-refractivity contribution in [2.75, 3.05) is 6.61 Å². The normalized spacial score (nSPS) is 13.8. The van der Waals surface area contributed by atoms with Crippen molar-refractivity contribution in [3.8, 4) is 5.75 Å². The van der Waals surface area contributed by atoms with E-state index in [9.17, 15) is 8.78 Å². The van der Waals surface area contributed by atoms with Crippen LogP contribution in [0.3, 0.4) is 0 Å². The molecule has 0 radical (unpaired) electrons. The summed E-state index contributed by atoms with van der Waals surface area (Å²) >= 11 is 0. The minimum atomic E-state index is -0.872. The maximum Gasteiger partial charge on any atom is 0.162 e. The molecule has 0 saturated heterocycles. The number of hydrogen-bond donors (Lipinski definition) is 0. The van der Waals surface area contributed by atoms with Gasteiger partial charge in [0.15, 0.2) is 11.6 Å². The van der Waals surface area contributed by atoms with Crippen LogP contribution in [0.25, 0.3) is 10.9 Å². The van der Waals surface area contributed by atoms with E-state index in [4.69, 9.17) is 4.74 Å². The molecule has 134 valence electrons. The second-order valence-electron chi connectivity index (χ2n) is 7.08. The molecule has 1 aliphatic rings. The molecule has 4 rings (SSSR count). The van der Waals surface area contributed by atoms with Crippen molar-refractivity contribution in [2.45, 2.75) is 38.6 Å². The number of ether oxygens (including phenoxy) is 1. The highest BCUT2D eigenvalue weighted by atomic mass is 19.2. The fourth-order valence-corrected chi connectivity index (χ4v) is 3.98. The van der Waals surface area contributed by atoms with Crippen LogP contribution < -0.4 is 10.2 Å². The average molecular weight is 353 g/mol. The number of halogens is 2. The monoisotopic (exact) mass is 353 g/mol. The van der Waals surface area contributed by atoms with Crippen molar-refractivity contribution in [2.24, 2.45) is 0 Å². The zero-order valence-electron chi connectivity index (χ0n) is 15.0. The summed E-state index contributed by atoms with van der Waals surface area (Å²) in [6.45, 7) is 1.35. The third-order valence-corrected chi connectivity index (χ3v) is 5.22. The summed E-state index contributed by atoms with van der Waals surface area (Å²) in [5.74, 6) is -1.35. The number of aryl methyl sites for hydroxylation is 2. The first-order valence-electron chi connectivity index (χ1n) is 9.32. The number of fused-ring (bicyclic) bond motifs is 3. The fourth-order valence-electron chi connectivity index (χ4n) is 3.98. The van der Waals surface area contributed by atoms with E-state index in [1.54, 1.807) is 0 Å². The fraction of sp³-hybridized carbons (Fsp3) is 0.333.